The van der Waals surface area contributed by atoms with Gasteiger partial charge in [-0.05, 0) is 33.8 Å². The highest BCUT2D eigenvalue weighted by Crippen LogP contribution is 2.22. The molecule has 1 fully saturated rings. The van der Waals surface area contributed by atoms with Gasteiger partial charge in [-0.2, -0.15) is 5.10 Å². The molecule has 2 atom stereocenters. The second-order valence-electron chi connectivity index (χ2n) is 6.09. The zero-order valence-corrected chi connectivity index (χ0v) is 13.6. The minimum atomic E-state index is -0.842. The number of hydrogen-bond donors (Lipinski definition) is 0. The Bertz CT molecular complexity index is 781. The average molecular weight is 317 g/mol. The number of carbonyl (C=O) groups is 2. The molecule has 7 nitrogen and oxygen atoms in total. The molecule has 122 valence electrons. The minimum absolute atomic E-state index is 0.173. The van der Waals surface area contributed by atoms with Gasteiger partial charge in [0.05, 0.1) is 17.5 Å². The molecule has 2 aromatic rings. The van der Waals surface area contributed by atoms with Crippen molar-refractivity contribution in [1.29, 1.82) is 0 Å². The zero-order chi connectivity index (χ0) is 16.7. The first-order valence-electron chi connectivity index (χ1n) is 7.63. The lowest BCUT2D eigenvalue weighted by Crippen LogP contribution is -2.23. The molecule has 0 spiro atoms. The fourth-order valence-corrected chi connectivity index (χ4v) is 2.66. The van der Waals surface area contributed by atoms with Gasteiger partial charge < -0.3 is 9.47 Å². The lowest BCUT2D eigenvalue weighted by Gasteiger charge is -2.11. The number of aryl methyl sites for hydroxylation is 1. The average Bonchev–Trinajstić information content (AvgIpc) is 3.01. The molecule has 0 aromatic carbocycles. The van der Waals surface area contributed by atoms with Crippen molar-refractivity contribution in [1.82, 2.24) is 14.8 Å². The molecular weight excluding hydrogens is 298 g/mol. The molecule has 7 heteroatoms. The van der Waals surface area contributed by atoms with Crippen LogP contribution in [0.25, 0.3) is 11.0 Å². The molecule has 0 radical (unpaired) electrons. The van der Waals surface area contributed by atoms with Crippen LogP contribution in [0.5, 0.6) is 0 Å². The van der Waals surface area contributed by atoms with Gasteiger partial charge in [-0.25, -0.2) is 19.3 Å². The van der Waals surface area contributed by atoms with Crippen LogP contribution in [-0.4, -0.2) is 38.9 Å². The van der Waals surface area contributed by atoms with Crippen LogP contribution >= 0.6 is 0 Å². The number of ether oxygens (including phenoxy) is 2. The number of aromatic nitrogens is 3. The van der Waals surface area contributed by atoms with Crippen molar-refractivity contribution in [3.8, 4) is 0 Å². The number of carbonyl (C=O) groups excluding carboxylic acids is 2. The van der Waals surface area contributed by atoms with Gasteiger partial charge in [-0.1, -0.05) is 0 Å². The van der Waals surface area contributed by atoms with Gasteiger partial charge in [0.1, 0.15) is 6.10 Å². The highest BCUT2D eigenvalue weighted by Gasteiger charge is 2.35. The quantitative estimate of drug-likeness (QED) is 0.807. The van der Waals surface area contributed by atoms with E-state index in [1.54, 1.807) is 30.8 Å². The molecule has 0 unspecified atom stereocenters. The van der Waals surface area contributed by atoms with Crippen molar-refractivity contribution < 1.29 is 19.1 Å². The molecule has 3 heterocycles. The van der Waals surface area contributed by atoms with E-state index in [-0.39, 0.29) is 12.1 Å². The Hall–Kier alpha value is -2.44. The molecule has 2 aromatic heterocycles. The van der Waals surface area contributed by atoms with E-state index in [2.05, 4.69) is 10.1 Å². The van der Waals surface area contributed by atoms with E-state index in [9.17, 15) is 9.59 Å². The summed E-state index contributed by atoms with van der Waals surface area (Å²) in [5.74, 6) is -1.06. The van der Waals surface area contributed by atoms with Crippen LogP contribution < -0.4 is 0 Å². The van der Waals surface area contributed by atoms with Crippen LogP contribution in [0, 0.1) is 6.92 Å². The van der Waals surface area contributed by atoms with E-state index in [1.165, 1.54) is 0 Å². The topological polar surface area (TPSA) is 83.3 Å². The summed E-state index contributed by atoms with van der Waals surface area (Å²) >= 11 is 0. The van der Waals surface area contributed by atoms with E-state index in [0.717, 1.165) is 11.0 Å². The predicted octanol–water partition coefficient (Wildman–Crippen LogP) is 2.18. The first-order chi connectivity index (χ1) is 10.9. The molecule has 1 saturated heterocycles. The van der Waals surface area contributed by atoms with Crippen LogP contribution in [-0.2, 0) is 14.3 Å². The summed E-state index contributed by atoms with van der Waals surface area (Å²) in [7, 11) is 0. The van der Waals surface area contributed by atoms with Crippen molar-refractivity contribution >= 4 is 23.0 Å². The fraction of sp³-hybridized carbons (Fsp3) is 0.500. The Morgan fingerprint density at radius 3 is 2.83 bits per heavy atom. The molecular formula is C16H19N3O4. The van der Waals surface area contributed by atoms with E-state index >= 15 is 0 Å². The smallest absolute Gasteiger partial charge is 0.347 e. The van der Waals surface area contributed by atoms with E-state index in [1.807, 2.05) is 13.8 Å². The monoisotopic (exact) mass is 317 g/mol. The maximum Gasteiger partial charge on any atom is 0.347 e. The summed E-state index contributed by atoms with van der Waals surface area (Å²) in [5, 5.41) is 5.05. The third kappa shape index (κ3) is 2.78. The van der Waals surface area contributed by atoms with Crippen molar-refractivity contribution in [3.05, 3.63) is 23.5 Å². The summed E-state index contributed by atoms with van der Waals surface area (Å²) in [6.07, 6.45) is 0.979. The van der Waals surface area contributed by atoms with E-state index in [0.29, 0.717) is 17.7 Å². The third-order valence-corrected chi connectivity index (χ3v) is 3.84. The molecule has 0 amide bonds. The lowest BCUT2D eigenvalue weighted by molar-refractivity contribution is -0.147. The normalized spacial score (nSPS) is 21.0. The Kier molecular flexibility index (Phi) is 3.79. The Morgan fingerprint density at radius 1 is 1.48 bits per heavy atom. The van der Waals surface area contributed by atoms with Crippen molar-refractivity contribution in [2.45, 2.75) is 52.4 Å². The number of pyridine rings is 1. The molecule has 3 rings (SSSR count). The summed E-state index contributed by atoms with van der Waals surface area (Å²) in [4.78, 5) is 28.4. The lowest BCUT2D eigenvalue weighted by atomic mass is 10.1. The number of nitrogens with zero attached hydrogens (tertiary/aromatic N) is 3. The van der Waals surface area contributed by atoms with Gasteiger partial charge >= 0.3 is 11.9 Å². The molecule has 1 aliphatic heterocycles. The number of rotatable bonds is 3. The van der Waals surface area contributed by atoms with Crippen LogP contribution in [0.15, 0.2) is 12.3 Å². The molecule has 1 aliphatic rings. The highest BCUT2D eigenvalue weighted by molar-refractivity contribution is 5.96. The van der Waals surface area contributed by atoms with Crippen LogP contribution in [0.4, 0.5) is 0 Å². The first kappa shape index (κ1) is 15.5. The molecule has 0 N–H and O–H groups in total. The number of fused-ring (bicyclic) bond motifs is 1. The second-order valence-corrected chi connectivity index (χ2v) is 6.09. The van der Waals surface area contributed by atoms with Crippen molar-refractivity contribution in [2.24, 2.45) is 0 Å². The Morgan fingerprint density at radius 2 is 2.22 bits per heavy atom. The molecule has 0 bridgehead atoms. The summed E-state index contributed by atoms with van der Waals surface area (Å²) < 4.78 is 12.1. The summed E-state index contributed by atoms with van der Waals surface area (Å²) in [6.45, 7) is 7.53. The van der Waals surface area contributed by atoms with Crippen molar-refractivity contribution in [2.75, 3.05) is 0 Å². The van der Waals surface area contributed by atoms with Crippen molar-refractivity contribution in [3.63, 3.8) is 0 Å². The number of cyclic esters (lactones) is 1. The van der Waals surface area contributed by atoms with Gasteiger partial charge in [0, 0.05) is 17.8 Å². The summed E-state index contributed by atoms with van der Waals surface area (Å²) in [5.41, 5.74) is 1.61. The highest BCUT2D eigenvalue weighted by atomic mass is 16.6. The maximum atomic E-state index is 12.4. The standard InChI is InChI=1S/C16H19N3O4/c1-8(2)19-14-11(7-17-19)6-12(10(4)18-14)15(20)23-13-5-9(3)22-16(13)21/h6-9,13H,5H2,1-4H3/t9-,13-/m1/s1. The molecule has 0 aliphatic carbocycles. The number of esters is 2. The van der Waals surface area contributed by atoms with Gasteiger partial charge in [0.15, 0.2) is 5.65 Å². The minimum Gasteiger partial charge on any atom is -0.460 e. The van der Waals surface area contributed by atoms with Gasteiger partial charge in [0.2, 0.25) is 6.10 Å². The SMILES string of the molecule is Cc1nc2c(cnn2C(C)C)cc1C(=O)O[C@@H]1C[C@@H](C)OC1=O. The maximum absolute atomic E-state index is 12.4. The first-order valence-corrected chi connectivity index (χ1v) is 7.63. The van der Waals surface area contributed by atoms with Gasteiger partial charge in [0.25, 0.3) is 0 Å². The number of hydrogen-bond acceptors (Lipinski definition) is 6. The van der Waals surface area contributed by atoms with E-state index in [4.69, 9.17) is 9.47 Å². The third-order valence-electron chi connectivity index (χ3n) is 3.84. The second kappa shape index (κ2) is 5.64. The zero-order valence-electron chi connectivity index (χ0n) is 13.6. The molecule has 0 saturated carbocycles. The predicted molar refractivity (Wildman–Crippen MR) is 82.0 cm³/mol. The molecule has 23 heavy (non-hydrogen) atoms. The van der Waals surface area contributed by atoms with Crippen LogP contribution in [0.2, 0.25) is 0 Å². The largest absolute Gasteiger partial charge is 0.460 e. The van der Waals surface area contributed by atoms with Gasteiger partial charge in [-0.15, -0.1) is 0 Å². The Balaban J connectivity index is 1.89. The summed E-state index contributed by atoms with van der Waals surface area (Å²) in [6, 6.07) is 1.88. The van der Waals surface area contributed by atoms with Crippen LogP contribution in [0.3, 0.4) is 0 Å². The Labute approximate surface area is 133 Å². The van der Waals surface area contributed by atoms with Gasteiger partial charge in [-0.3, -0.25) is 0 Å². The van der Waals surface area contributed by atoms with E-state index < -0.39 is 18.0 Å². The van der Waals surface area contributed by atoms with Crippen LogP contribution in [0.1, 0.15) is 49.3 Å². The fourth-order valence-electron chi connectivity index (χ4n) is 2.66.